The van der Waals surface area contributed by atoms with Gasteiger partial charge in [0.2, 0.25) is 0 Å². The minimum atomic E-state index is -0.118. The van der Waals surface area contributed by atoms with E-state index in [1.807, 2.05) is 60.8 Å². The molecule has 1 heterocycles. The van der Waals surface area contributed by atoms with Crippen molar-refractivity contribution in [3.8, 4) is 11.5 Å². The molecule has 0 aliphatic rings. The van der Waals surface area contributed by atoms with E-state index in [1.54, 1.807) is 25.1 Å². The number of benzene rings is 2. The number of ether oxygens (including phenoxy) is 2. The van der Waals surface area contributed by atoms with Crippen LogP contribution in [0.15, 0.2) is 78.0 Å². The zero-order valence-corrected chi connectivity index (χ0v) is 16.4. The quantitative estimate of drug-likeness (QED) is 0.436. The summed E-state index contributed by atoms with van der Waals surface area (Å²) in [5.74, 6) is 2.06. The number of carbonyl (C=O) groups excluding carboxylic acids is 1. The number of hydrogen-bond acceptors (Lipinski definition) is 5. The number of pyridine rings is 1. The number of hydrogen-bond donors (Lipinski definition) is 1. The number of carbonyl (C=O) groups is 1. The molecule has 0 saturated heterocycles. The zero-order valence-electron chi connectivity index (χ0n) is 15.6. The van der Waals surface area contributed by atoms with Crippen LogP contribution in [0.2, 0.25) is 0 Å². The summed E-state index contributed by atoms with van der Waals surface area (Å²) >= 11 is 1.71. The Morgan fingerprint density at radius 1 is 1.04 bits per heavy atom. The lowest BCUT2D eigenvalue weighted by Gasteiger charge is -2.11. The maximum atomic E-state index is 12.3. The van der Waals surface area contributed by atoms with Gasteiger partial charge in [-0.2, -0.15) is 0 Å². The van der Waals surface area contributed by atoms with Gasteiger partial charge in [-0.15, -0.1) is 11.8 Å². The molecule has 1 aromatic heterocycles. The summed E-state index contributed by atoms with van der Waals surface area (Å²) in [6.45, 7) is 0.777. The third kappa shape index (κ3) is 5.76. The SMILES string of the molecule is COc1ccccc1OCCNC(=O)c1ccc(SCc2cccnc2)cc1. The molecule has 0 radical (unpaired) electrons. The van der Waals surface area contributed by atoms with E-state index in [2.05, 4.69) is 16.4 Å². The summed E-state index contributed by atoms with van der Waals surface area (Å²) in [5, 5.41) is 2.86. The lowest BCUT2D eigenvalue weighted by molar-refractivity contribution is 0.0946. The standard InChI is InChI=1S/C22H22N2O3S/c1-26-20-6-2-3-7-21(20)27-14-13-24-22(25)18-8-10-19(11-9-18)28-16-17-5-4-12-23-15-17/h2-12,15H,13-14,16H2,1H3,(H,24,25). The van der Waals surface area contributed by atoms with Gasteiger partial charge in [-0.1, -0.05) is 18.2 Å². The van der Waals surface area contributed by atoms with E-state index in [1.165, 1.54) is 5.56 Å². The highest BCUT2D eigenvalue weighted by Crippen LogP contribution is 2.25. The molecule has 3 aromatic rings. The van der Waals surface area contributed by atoms with Crippen molar-refractivity contribution in [3.63, 3.8) is 0 Å². The number of nitrogens with zero attached hydrogens (tertiary/aromatic N) is 1. The Labute approximate surface area is 169 Å². The molecule has 1 N–H and O–H groups in total. The van der Waals surface area contributed by atoms with Crippen LogP contribution in [0.1, 0.15) is 15.9 Å². The van der Waals surface area contributed by atoms with E-state index < -0.39 is 0 Å². The van der Waals surface area contributed by atoms with Crippen molar-refractivity contribution in [1.29, 1.82) is 0 Å². The Bertz CT molecular complexity index is 886. The smallest absolute Gasteiger partial charge is 0.251 e. The summed E-state index contributed by atoms with van der Waals surface area (Å²) in [5.41, 5.74) is 1.80. The first-order valence-electron chi connectivity index (χ1n) is 8.92. The molecule has 0 atom stereocenters. The second kappa shape index (κ2) is 10.4. The molecular weight excluding hydrogens is 372 g/mol. The lowest BCUT2D eigenvalue weighted by atomic mass is 10.2. The fraction of sp³-hybridized carbons (Fsp3) is 0.182. The van der Waals surface area contributed by atoms with E-state index in [0.29, 0.717) is 30.2 Å². The number of amides is 1. The molecular formula is C22H22N2O3S. The van der Waals surface area contributed by atoms with Gasteiger partial charge in [0.1, 0.15) is 6.61 Å². The van der Waals surface area contributed by atoms with Crippen LogP contribution < -0.4 is 14.8 Å². The van der Waals surface area contributed by atoms with Crippen LogP contribution >= 0.6 is 11.8 Å². The van der Waals surface area contributed by atoms with Crippen LogP contribution in [0, 0.1) is 0 Å². The van der Waals surface area contributed by atoms with E-state index in [0.717, 1.165) is 10.6 Å². The Morgan fingerprint density at radius 2 is 1.82 bits per heavy atom. The van der Waals surface area contributed by atoms with Gasteiger partial charge in [-0.25, -0.2) is 0 Å². The lowest BCUT2D eigenvalue weighted by Crippen LogP contribution is -2.28. The van der Waals surface area contributed by atoms with E-state index >= 15 is 0 Å². The highest BCUT2D eigenvalue weighted by molar-refractivity contribution is 7.98. The van der Waals surface area contributed by atoms with Crippen LogP contribution in [-0.4, -0.2) is 31.2 Å². The maximum Gasteiger partial charge on any atom is 0.251 e. The van der Waals surface area contributed by atoms with Gasteiger partial charge in [0.15, 0.2) is 11.5 Å². The molecule has 2 aromatic carbocycles. The average molecular weight is 394 g/mol. The second-order valence-electron chi connectivity index (χ2n) is 5.93. The average Bonchev–Trinajstić information content (AvgIpc) is 2.76. The van der Waals surface area contributed by atoms with Crippen molar-refractivity contribution < 1.29 is 14.3 Å². The van der Waals surface area contributed by atoms with E-state index in [9.17, 15) is 4.79 Å². The number of para-hydroxylation sites is 2. The molecule has 0 spiro atoms. The largest absolute Gasteiger partial charge is 0.493 e. The molecule has 3 rings (SSSR count). The molecule has 6 heteroatoms. The predicted molar refractivity (Wildman–Crippen MR) is 111 cm³/mol. The highest BCUT2D eigenvalue weighted by atomic mass is 32.2. The molecule has 0 aliphatic heterocycles. The van der Waals surface area contributed by atoms with Crippen LogP contribution in [0.25, 0.3) is 0 Å². The third-order valence-corrected chi connectivity index (χ3v) is 5.04. The Morgan fingerprint density at radius 3 is 2.54 bits per heavy atom. The van der Waals surface area contributed by atoms with Gasteiger partial charge in [-0.05, 0) is 48.0 Å². The second-order valence-corrected chi connectivity index (χ2v) is 6.98. The van der Waals surface area contributed by atoms with Gasteiger partial charge in [0, 0.05) is 28.6 Å². The number of thioether (sulfide) groups is 1. The van der Waals surface area contributed by atoms with Crippen LogP contribution in [0.4, 0.5) is 0 Å². The molecule has 5 nitrogen and oxygen atoms in total. The minimum absolute atomic E-state index is 0.118. The summed E-state index contributed by atoms with van der Waals surface area (Å²) < 4.78 is 10.9. The highest BCUT2D eigenvalue weighted by Gasteiger charge is 2.06. The molecule has 0 unspecified atom stereocenters. The Kier molecular flexibility index (Phi) is 7.32. The fourth-order valence-electron chi connectivity index (χ4n) is 2.52. The monoisotopic (exact) mass is 394 g/mol. The van der Waals surface area contributed by atoms with Gasteiger partial charge in [0.25, 0.3) is 5.91 Å². The summed E-state index contributed by atoms with van der Waals surface area (Å²) in [4.78, 5) is 17.5. The topological polar surface area (TPSA) is 60.5 Å². The molecule has 0 fully saturated rings. The van der Waals surface area contributed by atoms with Crippen molar-refractivity contribution in [2.75, 3.05) is 20.3 Å². The number of rotatable bonds is 9. The summed E-state index contributed by atoms with van der Waals surface area (Å²) in [6.07, 6.45) is 3.63. The molecule has 28 heavy (non-hydrogen) atoms. The van der Waals surface area contributed by atoms with Gasteiger partial charge in [0.05, 0.1) is 13.7 Å². The van der Waals surface area contributed by atoms with Crippen molar-refractivity contribution in [1.82, 2.24) is 10.3 Å². The third-order valence-electron chi connectivity index (χ3n) is 3.96. The van der Waals surface area contributed by atoms with E-state index in [-0.39, 0.29) is 5.91 Å². The van der Waals surface area contributed by atoms with Crippen LogP contribution in [-0.2, 0) is 5.75 Å². The zero-order chi connectivity index (χ0) is 19.6. The molecule has 0 aliphatic carbocycles. The number of aromatic nitrogens is 1. The molecule has 1 amide bonds. The maximum absolute atomic E-state index is 12.3. The van der Waals surface area contributed by atoms with Crippen molar-refractivity contribution in [2.24, 2.45) is 0 Å². The van der Waals surface area contributed by atoms with Crippen molar-refractivity contribution in [3.05, 3.63) is 84.2 Å². The fourth-order valence-corrected chi connectivity index (χ4v) is 3.35. The van der Waals surface area contributed by atoms with Crippen molar-refractivity contribution in [2.45, 2.75) is 10.6 Å². The van der Waals surface area contributed by atoms with Gasteiger partial charge in [-0.3, -0.25) is 9.78 Å². The van der Waals surface area contributed by atoms with Crippen LogP contribution in [0.3, 0.4) is 0 Å². The normalized spacial score (nSPS) is 10.3. The molecule has 0 saturated carbocycles. The first-order valence-corrected chi connectivity index (χ1v) is 9.90. The summed E-state index contributed by atoms with van der Waals surface area (Å²) in [7, 11) is 1.60. The predicted octanol–water partition coefficient (Wildman–Crippen LogP) is 4.19. The van der Waals surface area contributed by atoms with Gasteiger partial charge < -0.3 is 14.8 Å². The molecule has 0 bridgehead atoms. The van der Waals surface area contributed by atoms with Crippen molar-refractivity contribution >= 4 is 17.7 Å². The Hall–Kier alpha value is -2.99. The first kappa shape index (κ1) is 19.8. The van der Waals surface area contributed by atoms with E-state index in [4.69, 9.17) is 9.47 Å². The molecule has 144 valence electrons. The number of nitrogens with one attached hydrogen (secondary N) is 1. The van der Waals surface area contributed by atoms with Gasteiger partial charge >= 0.3 is 0 Å². The van der Waals surface area contributed by atoms with Crippen LogP contribution in [0.5, 0.6) is 11.5 Å². The number of methoxy groups -OCH3 is 1. The summed E-state index contributed by atoms with van der Waals surface area (Å²) in [6, 6.07) is 19.0. The Balaban J connectivity index is 1.43. The minimum Gasteiger partial charge on any atom is -0.493 e. The first-order chi connectivity index (χ1) is 13.8.